The maximum Gasteiger partial charge on any atom is 0.269 e. The first-order valence-electron chi connectivity index (χ1n) is 11.8. The van der Waals surface area contributed by atoms with Gasteiger partial charge in [0, 0.05) is 23.3 Å². The van der Waals surface area contributed by atoms with E-state index >= 15 is 0 Å². The number of carbonyl (C=O) groups is 2. The molecule has 0 radical (unpaired) electrons. The van der Waals surface area contributed by atoms with Crippen molar-refractivity contribution in [1.29, 1.82) is 0 Å². The molecule has 0 spiro atoms. The first kappa shape index (κ1) is 22.1. The van der Waals surface area contributed by atoms with Gasteiger partial charge in [0.1, 0.15) is 0 Å². The zero-order valence-electron chi connectivity index (χ0n) is 19.3. The van der Waals surface area contributed by atoms with Crippen molar-refractivity contribution in [1.82, 2.24) is 0 Å². The molecule has 178 valence electrons. The lowest BCUT2D eigenvalue weighted by atomic mass is 9.86. The van der Waals surface area contributed by atoms with E-state index in [1.54, 1.807) is 42.5 Å². The number of hydrogen-bond donors (Lipinski definition) is 1. The third kappa shape index (κ3) is 3.31. The van der Waals surface area contributed by atoms with Gasteiger partial charge in [-0.15, -0.1) is 0 Å². The first-order chi connectivity index (χ1) is 17.4. The van der Waals surface area contributed by atoms with Crippen LogP contribution in [0.25, 0.3) is 10.8 Å². The summed E-state index contributed by atoms with van der Waals surface area (Å²) in [6.07, 6.45) is 1.51. The third-order valence-electron chi connectivity index (χ3n) is 7.32. The lowest BCUT2D eigenvalue weighted by Crippen LogP contribution is -2.41. The minimum Gasteiger partial charge on any atom is -0.375 e. The van der Waals surface area contributed by atoms with E-state index in [4.69, 9.17) is 0 Å². The number of benzene rings is 4. The number of amides is 1. The number of Topliss-reactive ketones (excluding diaryl/α,β-unsaturated/α-hetero) is 1. The number of nitro groups is 1. The SMILES string of the molecule is O=C(C[C@]1(O)C(=O)N(Cc2ccc([N+](=O)[O-])cc2)c2ccccc21)c1ccc2c3c(cccc13)CC2. The van der Waals surface area contributed by atoms with Crippen LogP contribution in [0.3, 0.4) is 0 Å². The Kier molecular flexibility index (Phi) is 4.98. The maximum atomic E-state index is 13.6. The molecular weight excluding hydrogens is 456 g/mol. The van der Waals surface area contributed by atoms with Crippen LogP contribution in [-0.4, -0.2) is 21.7 Å². The normalized spacial score (nSPS) is 18.0. The molecular formula is C29H22N2O5. The molecule has 36 heavy (non-hydrogen) atoms. The highest BCUT2D eigenvalue weighted by Crippen LogP contribution is 2.44. The molecule has 4 aromatic rings. The van der Waals surface area contributed by atoms with E-state index in [0.29, 0.717) is 22.4 Å². The molecule has 7 nitrogen and oxygen atoms in total. The highest BCUT2D eigenvalue weighted by atomic mass is 16.6. The summed E-state index contributed by atoms with van der Waals surface area (Å²) in [6.45, 7) is 0.116. The van der Waals surface area contributed by atoms with E-state index in [1.165, 1.54) is 28.2 Å². The largest absolute Gasteiger partial charge is 0.375 e. The Morgan fingerprint density at radius 3 is 2.42 bits per heavy atom. The van der Waals surface area contributed by atoms with Crippen molar-refractivity contribution >= 4 is 33.8 Å². The number of carbonyl (C=O) groups excluding carboxylic acids is 2. The average Bonchev–Trinajstić information content (AvgIpc) is 3.39. The van der Waals surface area contributed by atoms with E-state index in [1.807, 2.05) is 18.2 Å². The van der Waals surface area contributed by atoms with Gasteiger partial charge in [0.15, 0.2) is 11.4 Å². The molecule has 0 fully saturated rings. The number of aryl methyl sites for hydroxylation is 2. The zero-order chi connectivity index (χ0) is 25.0. The highest BCUT2D eigenvalue weighted by molar-refractivity contribution is 6.14. The number of anilines is 1. The molecule has 1 aliphatic heterocycles. The Balaban J connectivity index is 1.34. The van der Waals surface area contributed by atoms with Gasteiger partial charge in [0.2, 0.25) is 0 Å². The van der Waals surface area contributed by atoms with Crippen LogP contribution < -0.4 is 4.90 Å². The molecule has 0 saturated carbocycles. The summed E-state index contributed by atoms with van der Waals surface area (Å²) in [5, 5.41) is 24.6. The number of fused-ring (bicyclic) bond motifs is 1. The summed E-state index contributed by atoms with van der Waals surface area (Å²) < 4.78 is 0. The fourth-order valence-corrected chi connectivity index (χ4v) is 5.56. The molecule has 1 amide bonds. The summed E-state index contributed by atoms with van der Waals surface area (Å²) in [4.78, 5) is 39.2. The van der Waals surface area contributed by atoms with E-state index in [9.17, 15) is 24.8 Å². The number of aliphatic hydroxyl groups is 1. The molecule has 4 aromatic carbocycles. The van der Waals surface area contributed by atoms with E-state index in [2.05, 4.69) is 6.07 Å². The van der Waals surface area contributed by atoms with Crippen molar-refractivity contribution in [3.63, 3.8) is 0 Å². The van der Waals surface area contributed by atoms with Crippen molar-refractivity contribution in [2.45, 2.75) is 31.4 Å². The van der Waals surface area contributed by atoms with Crippen LogP contribution in [0.15, 0.2) is 78.9 Å². The standard InChI is InChI=1S/C29H22N2O5/c32-26(22-15-12-20-11-10-19-4-3-5-23(22)27(19)20)16-29(34)24-6-1-2-7-25(24)30(28(29)33)17-18-8-13-21(14-9-18)31(35)36/h1-9,12-15,34H,10-11,16-17H2/t29-/m1/s1. The molecule has 1 aliphatic carbocycles. The summed E-state index contributed by atoms with van der Waals surface area (Å²) in [7, 11) is 0. The van der Waals surface area contributed by atoms with Crippen LogP contribution in [0, 0.1) is 10.1 Å². The minimum absolute atomic E-state index is 0.0423. The quantitative estimate of drug-likeness (QED) is 0.242. The fraction of sp³-hybridized carbons (Fsp3) is 0.172. The summed E-state index contributed by atoms with van der Waals surface area (Å²) >= 11 is 0. The molecule has 0 unspecified atom stereocenters. The first-order valence-corrected chi connectivity index (χ1v) is 11.8. The van der Waals surface area contributed by atoms with Gasteiger partial charge in [-0.3, -0.25) is 19.7 Å². The van der Waals surface area contributed by atoms with Gasteiger partial charge < -0.3 is 10.0 Å². The Morgan fingerprint density at radius 2 is 1.67 bits per heavy atom. The van der Waals surface area contributed by atoms with E-state index in [-0.39, 0.29) is 24.4 Å². The number of hydrogen-bond acceptors (Lipinski definition) is 5. The van der Waals surface area contributed by atoms with Crippen molar-refractivity contribution in [3.8, 4) is 0 Å². The fourth-order valence-electron chi connectivity index (χ4n) is 5.56. The lowest BCUT2D eigenvalue weighted by Gasteiger charge is -2.23. The van der Waals surface area contributed by atoms with Crippen LogP contribution in [0.1, 0.15) is 39.0 Å². The smallest absolute Gasteiger partial charge is 0.269 e. The van der Waals surface area contributed by atoms with Crippen molar-refractivity contribution < 1.29 is 19.6 Å². The number of para-hydroxylation sites is 1. The zero-order valence-corrected chi connectivity index (χ0v) is 19.3. The molecule has 6 rings (SSSR count). The Bertz CT molecular complexity index is 1570. The van der Waals surface area contributed by atoms with Gasteiger partial charge in [0.05, 0.1) is 23.6 Å². The van der Waals surface area contributed by atoms with E-state index in [0.717, 1.165) is 23.6 Å². The van der Waals surface area contributed by atoms with Gasteiger partial charge in [-0.25, -0.2) is 0 Å². The monoisotopic (exact) mass is 478 g/mol. The second-order valence-electron chi connectivity index (χ2n) is 9.40. The second-order valence-corrected chi connectivity index (χ2v) is 9.40. The van der Waals surface area contributed by atoms with Crippen molar-refractivity contribution in [2.75, 3.05) is 4.90 Å². The van der Waals surface area contributed by atoms with Crippen LogP contribution in [0.5, 0.6) is 0 Å². The molecule has 7 heteroatoms. The Hall–Kier alpha value is -4.36. The number of non-ortho nitro benzene ring substituents is 1. The summed E-state index contributed by atoms with van der Waals surface area (Å²) in [5.41, 5.74) is 2.47. The van der Waals surface area contributed by atoms with Gasteiger partial charge in [-0.1, -0.05) is 60.7 Å². The Labute approximate surface area is 206 Å². The highest BCUT2D eigenvalue weighted by Gasteiger charge is 2.50. The van der Waals surface area contributed by atoms with Crippen molar-refractivity contribution in [2.24, 2.45) is 0 Å². The second kappa shape index (κ2) is 8.10. The predicted molar refractivity (Wildman–Crippen MR) is 135 cm³/mol. The van der Waals surface area contributed by atoms with Gasteiger partial charge in [-0.2, -0.15) is 0 Å². The predicted octanol–water partition coefficient (Wildman–Crippen LogP) is 4.85. The van der Waals surface area contributed by atoms with E-state index < -0.39 is 16.4 Å². The third-order valence-corrected chi connectivity index (χ3v) is 7.32. The Morgan fingerprint density at radius 1 is 0.944 bits per heavy atom. The van der Waals surface area contributed by atoms with Gasteiger partial charge in [0.25, 0.3) is 11.6 Å². The molecule has 1 atom stereocenters. The topological polar surface area (TPSA) is 101 Å². The van der Waals surface area contributed by atoms with Crippen molar-refractivity contribution in [3.05, 3.63) is 117 Å². The van der Waals surface area contributed by atoms with Gasteiger partial charge in [-0.05, 0) is 46.4 Å². The van der Waals surface area contributed by atoms with Crippen LogP contribution >= 0.6 is 0 Å². The average molecular weight is 479 g/mol. The lowest BCUT2D eigenvalue weighted by molar-refractivity contribution is -0.384. The number of nitrogens with zero attached hydrogens (tertiary/aromatic N) is 2. The summed E-state index contributed by atoms with van der Waals surface area (Å²) in [6, 6.07) is 22.6. The molecule has 1 N–H and O–H groups in total. The number of rotatable bonds is 6. The molecule has 1 heterocycles. The molecule has 0 bridgehead atoms. The number of ketones is 1. The minimum atomic E-state index is -2.00. The van der Waals surface area contributed by atoms with Crippen LogP contribution in [0.4, 0.5) is 11.4 Å². The van der Waals surface area contributed by atoms with Gasteiger partial charge >= 0.3 is 0 Å². The molecule has 0 saturated heterocycles. The number of nitro benzene ring substituents is 1. The summed E-state index contributed by atoms with van der Waals surface area (Å²) in [5.74, 6) is -0.880. The van der Waals surface area contributed by atoms with Crippen LogP contribution in [-0.2, 0) is 29.8 Å². The molecule has 2 aliphatic rings. The van der Waals surface area contributed by atoms with Crippen LogP contribution in [0.2, 0.25) is 0 Å². The molecule has 0 aromatic heterocycles. The maximum absolute atomic E-state index is 13.6.